The van der Waals surface area contributed by atoms with Gasteiger partial charge in [0.25, 0.3) is 0 Å². The molecule has 0 atom stereocenters. The molecule has 0 aliphatic rings. The zero-order valence-electron chi connectivity index (χ0n) is 9.14. The van der Waals surface area contributed by atoms with Crippen LogP contribution < -0.4 is 4.74 Å². The molecule has 0 saturated heterocycles. The van der Waals surface area contributed by atoms with Crippen molar-refractivity contribution in [2.45, 2.75) is 6.42 Å². The molecule has 1 aromatic heterocycles. The van der Waals surface area contributed by atoms with Crippen molar-refractivity contribution in [1.29, 1.82) is 0 Å². The van der Waals surface area contributed by atoms with Crippen LogP contribution in [0.2, 0.25) is 5.02 Å². The Morgan fingerprint density at radius 2 is 1.94 bits per heavy atom. The lowest BCUT2D eigenvalue weighted by Gasteiger charge is -2.06. The zero-order chi connectivity index (χ0) is 12.1. The summed E-state index contributed by atoms with van der Waals surface area (Å²) in [5.74, 6) is 1.07. The molecule has 1 aromatic carbocycles. The molecule has 2 rings (SSSR count). The second kappa shape index (κ2) is 5.66. The first kappa shape index (κ1) is 11.9. The van der Waals surface area contributed by atoms with Crippen LogP contribution in [-0.4, -0.2) is 16.7 Å². The molecule has 0 aliphatic heterocycles. The third-order valence-electron chi connectivity index (χ3n) is 2.26. The van der Waals surface area contributed by atoms with Crippen LogP contribution in [0.25, 0.3) is 0 Å². The number of aliphatic hydroxyl groups is 1. The maximum Gasteiger partial charge on any atom is 0.238 e. The van der Waals surface area contributed by atoms with E-state index in [1.807, 2.05) is 24.3 Å². The Morgan fingerprint density at radius 1 is 1.18 bits per heavy atom. The van der Waals surface area contributed by atoms with Crippen molar-refractivity contribution in [1.82, 2.24) is 4.98 Å². The number of nitrogens with zero attached hydrogens (tertiary/aromatic N) is 1. The molecule has 17 heavy (non-hydrogen) atoms. The van der Waals surface area contributed by atoms with Crippen molar-refractivity contribution in [3.05, 3.63) is 53.2 Å². The van der Waals surface area contributed by atoms with Gasteiger partial charge in [-0.2, -0.15) is 0 Å². The number of aliphatic hydroxyl groups excluding tert-OH is 1. The van der Waals surface area contributed by atoms with Crippen molar-refractivity contribution in [3.8, 4) is 11.6 Å². The van der Waals surface area contributed by atoms with Crippen molar-refractivity contribution in [3.63, 3.8) is 0 Å². The van der Waals surface area contributed by atoms with Crippen LogP contribution in [0.15, 0.2) is 42.6 Å². The number of hydrogen-bond acceptors (Lipinski definition) is 3. The lowest BCUT2D eigenvalue weighted by atomic mass is 10.1. The maximum absolute atomic E-state index is 8.80. The van der Waals surface area contributed by atoms with Crippen LogP contribution in [0.4, 0.5) is 0 Å². The molecule has 0 saturated carbocycles. The Kier molecular flexibility index (Phi) is 3.96. The van der Waals surface area contributed by atoms with Crippen LogP contribution in [0.1, 0.15) is 5.56 Å². The largest absolute Gasteiger partial charge is 0.438 e. The minimum atomic E-state index is 0.145. The Hall–Kier alpha value is -1.58. The summed E-state index contributed by atoms with van der Waals surface area (Å²) in [5, 5.41) is 9.28. The van der Waals surface area contributed by atoms with E-state index in [9.17, 15) is 0 Å². The predicted molar refractivity (Wildman–Crippen MR) is 66.6 cm³/mol. The molecule has 0 aliphatic carbocycles. The highest BCUT2D eigenvalue weighted by Gasteiger charge is 2.03. The van der Waals surface area contributed by atoms with Gasteiger partial charge in [0, 0.05) is 12.8 Å². The molecule has 0 amide bonds. The van der Waals surface area contributed by atoms with E-state index in [2.05, 4.69) is 4.98 Å². The summed E-state index contributed by atoms with van der Waals surface area (Å²) in [6.07, 6.45) is 2.27. The number of rotatable bonds is 4. The Morgan fingerprint density at radius 3 is 2.59 bits per heavy atom. The summed E-state index contributed by atoms with van der Waals surface area (Å²) in [6.45, 7) is 0.145. The van der Waals surface area contributed by atoms with Crippen molar-refractivity contribution in [2.75, 3.05) is 6.61 Å². The highest BCUT2D eigenvalue weighted by Crippen LogP contribution is 2.26. The molecule has 0 fully saturated rings. The molecule has 0 unspecified atom stereocenters. The minimum absolute atomic E-state index is 0.145. The summed E-state index contributed by atoms with van der Waals surface area (Å²) >= 11 is 5.93. The second-order valence-electron chi connectivity index (χ2n) is 3.51. The standard InChI is InChI=1S/C13H12ClNO2/c14-12-2-1-8-15-13(12)17-11-5-3-10(4-6-11)7-9-16/h1-6,8,16H,7,9H2. The highest BCUT2D eigenvalue weighted by atomic mass is 35.5. The van der Waals surface area contributed by atoms with Gasteiger partial charge in [0.1, 0.15) is 10.8 Å². The van der Waals surface area contributed by atoms with E-state index in [4.69, 9.17) is 21.4 Å². The van der Waals surface area contributed by atoms with Gasteiger partial charge in [0.05, 0.1) is 0 Å². The molecule has 88 valence electrons. The second-order valence-corrected chi connectivity index (χ2v) is 3.92. The van der Waals surface area contributed by atoms with Gasteiger partial charge < -0.3 is 9.84 Å². The van der Waals surface area contributed by atoms with Gasteiger partial charge in [0.2, 0.25) is 5.88 Å². The number of hydrogen-bond donors (Lipinski definition) is 1. The summed E-state index contributed by atoms with van der Waals surface area (Å²) in [7, 11) is 0. The van der Waals surface area contributed by atoms with Gasteiger partial charge in [-0.15, -0.1) is 0 Å². The van der Waals surface area contributed by atoms with Crippen molar-refractivity contribution < 1.29 is 9.84 Å². The summed E-state index contributed by atoms with van der Waals surface area (Å²) < 4.78 is 5.54. The average Bonchev–Trinajstić information content (AvgIpc) is 2.35. The van der Waals surface area contributed by atoms with Gasteiger partial charge in [-0.25, -0.2) is 4.98 Å². The molecule has 1 heterocycles. The topological polar surface area (TPSA) is 42.4 Å². The van der Waals surface area contributed by atoms with E-state index >= 15 is 0 Å². The molecule has 0 spiro atoms. The molecular weight excluding hydrogens is 238 g/mol. The lowest BCUT2D eigenvalue weighted by molar-refractivity contribution is 0.299. The lowest BCUT2D eigenvalue weighted by Crippen LogP contribution is -1.91. The van der Waals surface area contributed by atoms with Crippen LogP contribution in [0.5, 0.6) is 11.6 Å². The summed E-state index contributed by atoms with van der Waals surface area (Å²) in [4.78, 5) is 4.04. The average molecular weight is 250 g/mol. The third-order valence-corrected chi connectivity index (χ3v) is 2.55. The molecule has 1 N–H and O–H groups in total. The Bertz CT molecular complexity index is 485. The summed E-state index contributed by atoms with van der Waals surface area (Å²) in [6, 6.07) is 10.9. The van der Waals surface area contributed by atoms with Crippen LogP contribution in [0, 0.1) is 0 Å². The van der Waals surface area contributed by atoms with E-state index in [0.717, 1.165) is 5.56 Å². The number of benzene rings is 1. The van der Waals surface area contributed by atoms with Crippen LogP contribution in [0.3, 0.4) is 0 Å². The van der Waals surface area contributed by atoms with E-state index in [1.165, 1.54) is 0 Å². The smallest absolute Gasteiger partial charge is 0.238 e. The first-order valence-electron chi connectivity index (χ1n) is 5.28. The van der Waals surface area contributed by atoms with E-state index in [1.54, 1.807) is 18.3 Å². The highest BCUT2D eigenvalue weighted by molar-refractivity contribution is 6.31. The van der Waals surface area contributed by atoms with Gasteiger partial charge in [-0.05, 0) is 36.2 Å². The first-order chi connectivity index (χ1) is 8.29. The Labute approximate surface area is 105 Å². The quantitative estimate of drug-likeness (QED) is 0.906. The molecule has 2 aromatic rings. The van der Waals surface area contributed by atoms with Gasteiger partial charge in [-0.3, -0.25) is 0 Å². The van der Waals surface area contributed by atoms with Gasteiger partial charge in [-0.1, -0.05) is 23.7 Å². The number of aromatic nitrogens is 1. The molecule has 0 bridgehead atoms. The fourth-order valence-corrected chi connectivity index (χ4v) is 1.57. The van der Waals surface area contributed by atoms with Gasteiger partial charge >= 0.3 is 0 Å². The first-order valence-corrected chi connectivity index (χ1v) is 5.65. The summed E-state index contributed by atoms with van der Waals surface area (Å²) in [5.41, 5.74) is 1.06. The minimum Gasteiger partial charge on any atom is -0.438 e. The normalized spacial score (nSPS) is 10.2. The SMILES string of the molecule is OCCc1ccc(Oc2ncccc2Cl)cc1. The Balaban J connectivity index is 2.11. The monoisotopic (exact) mass is 249 g/mol. The van der Waals surface area contributed by atoms with E-state index < -0.39 is 0 Å². The van der Waals surface area contributed by atoms with Gasteiger partial charge in [0.15, 0.2) is 0 Å². The number of pyridine rings is 1. The number of ether oxygens (including phenoxy) is 1. The van der Waals surface area contributed by atoms with Crippen molar-refractivity contribution in [2.24, 2.45) is 0 Å². The number of halogens is 1. The molecule has 0 radical (unpaired) electrons. The molecular formula is C13H12ClNO2. The molecule has 3 nitrogen and oxygen atoms in total. The van der Waals surface area contributed by atoms with E-state index in [0.29, 0.717) is 23.1 Å². The molecule has 4 heteroatoms. The maximum atomic E-state index is 8.80. The van der Waals surface area contributed by atoms with Crippen LogP contribution in [-0.2, 0) is 6.42 Å². The fourth-order valence-electron chi connectivity index (χ4n) is 1.41. The van der Waals surface area contributed by atoms with Crippen LogP contribution >= 0.6 is 11.6 Å². The third kappa shape index (κ3) is 3.19. The zero-order valence-corrected chi connectivity index (χ0v) is 9.89. The van der Waals surface area contributed by atoms with E-state index in [-0.39, 0.29) is 6.61 Å². The van der Waals surface area contributed by atoms with Crippen molar-refractivity contribution >= 4 is 11.6 Å². The predicted octanol–water partition coefficient (Wildman–Crippen LogP) is 3.06. The fraction of sp³-hybridized carbons (Fsp3) is 0.154.